The zero-order valence-corrected chi connectivity index (χ0v) is 11.2. The molecule has 4 heteroatoms. The summed E-state index contributed by atoms with van der Waals surface area (Å²) in [4.78, 5) is 23.8. The second-order valence-corrected chi connectivity index (χ2v) is 6.22. The van der Waals surface area contributed by atoms with Crippen molar-refractivity contribution in [1.82, 2.24) is 4.57 Å². The third-order valence-corrected chi connectivity index (χ3v) is 5.12. The van der Waals surface area contributed by atoms with Crippen molar-refractivity contribution in [3.63, 3.8) is 0 Å². The van der Waals surface area contributed by atoms with E-state index < -0.39 is 11.4 Å². The van der Waals surface area contributed by atoms with Gasteiger partial charge >= 0.3 is 11.4 Å². The van der Waals surface area contributed by atoms with Gasteiger partial charge < -0.3 is 4.42 Å². The third kappa shape index (κ3) is 1.74. The summed E-state index contributed by atoms with van der Waals surface area (Å²) in [6.07, 6.45) is 5.16. The molecule has 1 heterocycles. The van der Waals surface area contributed by atoms with Gasteiger partial charge in [-0.05, 0) is 49.1 Å². The van der Waals surface area contributed by atoms with Crippen molar-refractivity contribution in [2.45, 2.75) is 32.2 Å². The second-order valence-electron chi connectivity index (χ2n) is 6.22. The van der Waals surface area contributed by atoms with Crippen molar-refractivity contribution >= 4 is 10.9 Å². The van der Waals surface area contributed by atoms with Gasteiger partial charge in [0.2, 0.25) is 0 Å². The molecular weight excluding hydrogens is 254 g/mol. The van der Waals surface area contributed by atoms with Crippen LogP contribution in [0.1, 0.15) is 25.7 Å². The van der Waals surface area contributed by atoms with Crippen molar-refractivity contribution in [1.29, 1.82) is 0 Å². The lowest BCUT2D eigenvalue weighted by atomic mass is 9.89. The molecule has 2 saturated carbocycles. The van der Waals surface area contributed by atoms with Crippen molar-refractivity contribution < 1.29 is 4.42 Å². The quantitative estimate of drug-likeness (QED) is 0.842. The van der Waals surface area contributed by atoms with E-state index in [4.69, 9.17) is 4.42 Å². The molecule has 3 atom stereocenters. The van der Waals surface area contributed by atoms with Crippen LogP contribution in [0.2, 0.25) is 0 Å². The van der Waals surface area contributed by atoms with Gasteiger partial charge in [-0.3, -0.25) is 4.57 Å². The number of rotatable bonds is 2. The average molecular weight is 271 g/mol. The van der Waals surface area contributed by atoms with E-state index in [-0.39, 0.29) is 0 Å². The van der Waals surface area contributed by atoms with Gasteiger partial charge in [-0.2, -0.15) is 0 Å². The van der Waals surface area contributed by atoms with Crippen LogP contribution in [0.25, 0.3) is 10.9 Å². The van der Waals surface area contributed by atoms with Gasteiger partial charge in [0.1, 0.15) is 0 Å². The summed E-state index contributed by atoms with van der Waals surface area (Å²) in [5.41, 5.74) is 0.173. The topological polar surface area (TPSA) is 52.2 Å². The van der Waals surface area contributed by atoms with Crippen LogP contribution in [0.15, 0.2) is 38.3 Å². The molecule has 3 unspecified atom stereocenters. The number of aromatic nitrogens is 1. The molecule has 2 fully saturated rings. The molecule has 2 aromatic rings. The molecule has 0 aliphatic heterocycles. The molecule has 0 spiro atoms. The van der Waals surface area contributed by atoms with E-state index in [1.165, 1.54) is 25.7 Å². The van der Waals surface area contributed by atoms with Gasteiger partial charge in [-0.15, -0.1) is 0 Å². The SMILES string of the molecule is O=c1oc(=O)n(CC2CC3CCC2C3)c2ccccc12. The molecule has 4 rings (SSSR count). The highest BCUT2D eigenvalue weighted by atomic mass is 16.4. The van der Waals surface area contributed by atoms with Crippen LogP contribution in [0.3, 0.4) is 0 Å². The van der Waals surface area contributed by atoms with E-state index in [0.29, 0.717) is 23.4 Å². The Hall–Kier alpha value is -1.84. The molecule has 1 aromatic heterocycles. The third-order valence-electron chi connectivity index (χ3n) is 5.12. The number of hydrogen-bond acceptors (Lipinski definition) is 3. The van der Waals surface area contributed by atoms with E-state index in [1.54, 1.807) is 16.7 Å². The van der Waals surface area contributed by atoms with Crippen LogP contribution < -0.4 is 11.4 Å². The number of nitrogens with zero attached hydrogens (tertiary/aromatic N) is 1. The molecular formula is C16H17NO3. The maximum Gasteiger partial charge on any atom is 0.422 e. The normalized spacial score (nSPS) is 28.3. The molecule has 2 aliphatic carbocycles. The van der Waals surface area contributed by atoms with Gasteiger partial charge in [0.05, 0.1) is 10.9 Å². The Morgan fingerprint density at radius 1 is 1.15 bits per heavy atom. The molecule has 20 heavy (non-hydrogen) atoms. The fraction of sp³-hybridized carbons (Fsp3) is 0.500. The Morgan fingerprint density at radius 2 is 2.00 bits per heavy atom. The Labute approximate surface area is 116 Å². The lowest BCUT2D eigenvalue weighted by molar-refractivity contribution is 0.281. The first kappa shape index (κ1) is 11.9. The van der Waals surface area contributed by atoms with E-state index in [2.05, 4.69) is 0 Å². The summed E-state index contributed by atoms with van der Waals surface area (Å²) in [5.74, 6) is 1.64. The largest absolute Gasteiger partial charge is 0.422 e. The van der Waals surface area contributed by atoms with Crippen molar-refractivity contribution in [3.8, 4) is 0 Å². The smallest absolute Gasteiger partial charge is 0.372 e. The number of benzene rings is 1. The predicted molar refractivity (Wildman–Crippen MR) is 75.7 cm³/mol. The molecule has 2 bridgehead atoms. The average Bonchev–Trinajstić information content (AvgIpc) is 3.06. The van der Waals surface area contributed by atoms with Crippen LogP contribution in [-0.4, -0.2) is 4.57 Å². The molecule has 1 aromatic carbocycles. The molecule has 0 radical (unpaired) electrons. The molecule has 0 N–H and O–H groups in total. The monoisotopic (exact) mass is 271 g/mol. The number of fused-ring (bicyclic) bond motifs is 3. The minimum absolute atomic E-state index is 0.496. The van der Waals surface area contributed by atoms with Crippen LogP contribution >= 0.6 is 0 Å². The fourth-order valence-electron chi connectivity index (χ4n) is 4.18. The summed E-state index contributed by atoms with van der Waals surface area (Å²) in [6.45, 7) is 0.685. The summed E-state index contributed by atoms with van der Waals surface area (Å²) in [5, 5.41) is 0.496. The first-order valence-electron chi connectivity index (χ1n) is 7.35. The van der Waals surface area contributed by atoms with Crippen LogP contribution in [-0.2, 0) is 6.54 Å². The van der Waals surface area contributed by atoms with E-state index in [0.717, 1.165) is 11.8 Å². The Bertz CT molecular complexity index is 773. The molecule has 0 amide bonds. The fourth-order valence-corrected chi connectivity index (χ4v) is 4.18. The highest BCUT2D eigenvalue weighted by molar-refractivity contribution is 5.77. The summed E-state index contributed by atoms with van der Waals surface area (Å²) in [7, 11) is 0. The lowest BCUT2D eigenvalue weighted by Crippen LogP contribution is -2.29. The van der Waals surface area contributed by atoms with Gasteiger partial charge in [0, 0.05) is 6.54 Å². The van der Waals surface area contributed by atoms with E-state index in [1.807, 2.05) is 12.1 Å². The molecule has 0 saturated heterocycles. The van der Waals surface area contributed by atoms with Gasteiger partial charge in [-0.1, -0.05) is 18.6 Å². The van der Waals surface area contributed by atoms with Crippen molar-refractivity contribution in [3.05, 3.63) is 45.2 Å². The summed E-state index contributed by atoms with van der Waals surface area (Å²) in [6, 6.07) is 7.21. The van der Waals surface area contributed by atoms with Crippen molar-refractivity contribution in [2.24, 2.45) is 17.8 Å². The first-order chi connectivity index (χ1) is 9.72. The van der Waals surface area contributed by atoms with Crippen LogP contribution in [0.4, 0.5) is 0 Å². The minimum Gasteiger partial charge on any atom is -0.372 e. The highest BCUT2D eigenvalue weighted by Gasteiger charge is 2.39. The standard InChI is InChI=1S/C16H17NO3/c18-15-13-3-1-2-4-14(13)17(16(19)20-15)9-12-8-10-5-6-11(12)7-10/h1-4,10-12H,5-9H2. The van der Waals surface area contributed by atoms with Gasteiger partial charge in [-0.25, -0.2) is 9.59 Å². The first-order valence-corrected chi connectivity index (χ1v) is 7.35. The summed E-state index contributed by atoms with van der Waals surface area (Å²) < 4.78 is 6.52. The summed E-state index contributed by atoms with van der Waals surface area (Å²) >= 11 is 0. The minimum atomic E-state index is -0.533. The maximum atomic E-state index is 12.0. The van der Waals surface area contributed by atoms with Gasteiger partial charge in [0.15, 0.2) is 0 Å². The second kappa shape index (κ2) is 4.33. The molecule has 4 nitrogen and oxygen atoms in total. The molecule has 2 aliphatic rings. The van der Waals surface area contributed by atoms with Crippen LogP contribution in [0.5, 0.6) is 0 Å². The van der Waals surface area contributed by atoms with Crippen LogP contribution in [0, 0.1) is 17.8 Å². The number of hydrogen-bond donors (Lipinski definition) is 0. The lowest BCUT2D eigenvalue weighted by Gasteiger charge is -2.22. The Kier molecular flexibility index (Phi) is 2.59. The zero-order chi connectivity index (χ0) is 13.7. The van der Waals surface area contributed by atoms with Gasteiger partial charge in [0.25, 0.3) is 0 Å². The highest BCUT2D eigenvalue weighted by Crippen LogP contribution is 2.48. The zero-order valence-electron chi connectivity index (χ0n) is 11.2. The van der Waals surface area contributed by atoms with Crippen molar-refractivity contribution in [2.75, 3.05) is 0 Å². The molecule has 104 valence electrons. The number of para-hydroxylation sites is 1. The van der Waals surface area contributed by atoms with E-state index >= 15 is 0 Å². The Morgan fingerprint density at radius 3 is 2.75 bits per heavy atom. The van der Waals surface area contributed by atoms with E-state index in [9.17, 15) is 9.59 Å². The predicted octanol–water partition coefficient (Wildman–Crippen LogP) is 2.39. The maximum absolute atomic E-state index is 12.0. The Balaban J connectivity index is 1.80.